The fourth-order valence-corrected chi connectivity index (χ4v) is 0.901. The Morgan fingerprint density at radius 1 is 1.71 bits per heavy atom. The molecule has 14 heavy (non-hydrogen) atoms. The minimum atomic E-state index is -1.40. The first-order valence-electron chi connectivity index (χ1n) is 3.81. The third-order valence-electron chi connectivity index (χ3n) is 1.56. The van der Waals surface area contributed by atoms with Crippen LogP contribution in [-0.2, 0) is 6.54 Å². The van der Waals surface area contributed by atoms with Crippen LogP contribution in [0.4, 0.5) is 4.79 Å². The highest BCUT2D eigenvalue weighted by Crippen LogP contribution is 2.10. The fourth-order valence-electron chi connectivity index (χ4n) is 0.901. The molecular weight excluding hydrogens is 188 g/mol. The summed E-state index contributed by atoms with van der Waals surface area (Å²) >= 11 is 0. The number of rotatable bonds is 3. The Balaban J connectivity index is 2.71. The molecule has 1 amide bonds. The molecule has 1 aromatic heterocycles. The lowest BCUT2D eigenvalue weighted by Crippen LogP contribution is -2.24. The lowest BCUT2D eigenvalue weighted by molar-refractivity contribution is -0.0710. The van der Waals surface area contributed by atoms with Crippen molar-refractivity contribution in [1.82, 2.24) is 10.0 Å². The first kappa shape index (κ1) is 10.3. The molecule has 0 saturated carbocycles. The number of methoxy groups -OCH3 is 1. The zero-order valence-electron chi connectivity index (χ0n) is 7.54. The number of hydrogen-bond acceptors (Lipinski definition) is 4. The highest BCUT2D eigenvalue weighted by atomic mass is 16.6. The summed E-state index contributed by atoms with van der Waals surface area (Å²) in [6.07, 6.45) is 0.0740. The van der Waals surface area contributed by atoms with E-state index in [-0.39, 0.29) is 11.6 Å². The van der Waals surface area contributed by atoms with Gasteiger partial charge in [-0.3, -0.25) is 5.21 Å². The van der Waals surface area contributed by atoms with E-state index in [0.29, 0.717) is 11.4 Å². The maximum atomic E-state index is 10.3. The van der Waals surface area contributed by atoms with E-state index in [4.69, 9.17) is 15.1 Å². The molecule has 6 nitrogen and oxygen atoms in total. The number of carboxylic acid groups (broad SMARTS) is 1. The average Bonchev–Trinajstić information content (AvgIpc) is 2.18. The van der Waals surface area contributed by atoms with Crippen molar-refractivity contribution >= 4 is 6.09 Å². The lowest BCUT2D eigenvalue weighted by atomic mass is 10.2. The van der Waals surface area contributed by atoms with Gasteiger partial charge in [-0.15, -0.1) is 0 Å². The van der Waals surface area contributed by atoms with Crippen LogP contribution in [0.25, 0.3) is 0 Å². The molecule has 0 aliphatic rings. The third kappa shape index (κ3) is 2.60. The molecule has 2 N–H and O–H groups in total. The predicted molar refractivity (Wildman–Crippen MR) is 46.1 cm³/mol. The van der Waals surface area contributed by atoms with Gasteiger partial charge in [-0.25, -0.2) is 9.78 Å². The van der Waals surface area contributed by atoms with Crippen LogP contribution in [0.1, 0.15) is 5.56 Å². The number of hydrogen-bond donors (Lipinski definition) is 2. The van der Waals surface area contributed by atoms with Crippen molar-refractivity contribution < 1.29 is 19.8 Å². The molecule has 6 heteroatoms. The molecule has 0 spiro atoms. The molecule has 1 heterocycles. The number of nitrogens with zero attached hydrogens (tertiary/aromatic N) is 2. The van der Waals surface area contributed by atoms with E-state index >= 15 is 0 Å². The largest absolute Gasteiger partial charge is 0.481 e. The van der Waals surface area contributed by atoms with Crippen molar-refractivity contribution in [2.24, 2.45) is 0 Å². The van der Waals surface area contributed by atoms with Crippen molar-refractivity contribution in [3.8, 4) is 5.88 Å². The number of pyridine rings is 1. The van der Waals surface area contributed by atoms with Gasteiger partial charge < -0.3 is 9.84 Å². The summed E-state index contributed by atoms with van der Waals surface area (Å²) in [7, 11) is 1.46. The van der Waals surface area contributed by atoms with E-state index in [1.54, 1.807) is 12.1 Å². The Kier molecular flexibility index (Phi) is 3.24. The zero-order chi connectivity index (χ0) is 10.6. The molecule has 1 rings (SSSR count). The van der Waals surface area contributed by atoms with Crippen molar-refractivity contribution in [3.05, 3.63) is 23.9 Å². The van der Waals surface area contributed by atoms with E-state index in [1.807, 2.05) is 0 Å². The average molecular weight is 198 g/mol. The van der Waals surface area contributed by atoms with E-state index in [1.165, 1.54) is 13.3 Å². The number of carbonyl (C=O) groups is 1. The first-order valence-corrected chi connectivity index (χ1v) is 3.81. The van der Waals surface area contributed by atoms with Gasteiger partial charge in [0.2, 0.25) is 5.88 Å². The predicted octanol–water partition coefficient (Wildman–Crippen LogP) is 0.959. The molecule has 76 valence electrons. The van der Waals surface area contributed by atoms with E-state index < -0.39 is 6.09 Å². The topological polar surface area (TPSA) is 82.9 Å². The second kappa shape index (κ2) is 4.43. The molecule has 1 aromatic rings. The van der Waals surface area contributed by atoms with Crippen LogP contribution in [0.2, 0.25) is 0 Å². The summed E-state index contributed by atoms with van der Waals surface area (Å²) in [5.74, 6) is 0.376. The van der Waals surface area contributed by atoms with E-state index in [2.05, 4.69) is 4.98 Å². The van der Waals surface area contributed by atoms with Gasteiger partial charge in [0, 0.05) is 12.3 Å². The third-order valence-corrected chi connectivity index (χ3v) is 1.56. The van der Waals surface area contributed by atoms with Crippen molar-refractivity contribution in [1.29, 1.82) is 0 Å². The zero-order valence-corrected chi connectivity index (χ0v) is 7.54. The second-order valence-electron chi connectivity index (χ2n) is 2.55. The van der Waals surface area contributed by atoms with E-state index in [9.17, 15) is 4.79 Å². The monoisotopic (exact) mass is 198 g/mol. The maximum Gasteiger partial charge on any atom is 0.431 e. The SMILES string of the molecule is COc1cc(CN(O)C(=O)O)ccn1. The summed E-state index contributed by atoms with van der Waals surface area (Å²) < 4.78 is 4.84. The van der Waals surface area contributed by atoms with Crippen LogP contribution in [0.5, 0.6) is 5.88 Å². The van der Waals surface area contributed by atoms with Gasteiger partial charge >= 0.3 is 6.09 Å². The molecule has 0 aliphatic carbocycles. The molecule has 0 aromatic carbocycles. The van der Waals surface area contributed by atoms with Crippen LogP contribution >= 0.6 is 0 Å². The van der Waals surface area contributed by atoms with Gasteiger partial charge in [-0.05, 0) is 11.6 Å². The van der Waals surface area contributed by atoms with Crippen LogP contribution in [0, 0.1) is 0 Å². The highest BCUT2D eigenvalue weighted by molar-refractivity contribution is 5.63. The second-order valence-corrected chi connectivity index (χ2v) is 2.55. The Labute approximate surface area is 80.3 Å². The quantitative estimate of drug-likeness (QED) is 0.558. The minimum absolute atomic E-state index is 0.117. The Hall–Kier alpha value is -1.82. The first-order chi connectivity index (χ1) is 6.63. The van der Waals surface area contributed by atoms with Crippen molar-refractivity contribution in [2.45, 2.75) is 6.54 Å². The van der Waals surface area contributed by atoms with Gasteiger partial charge in [0.15, 0.2) is 0 Å². The molecule has 0 radical (unpaired) electrons. The lowest BCUT2D eigenvalue weighted by Gasteiger charge is -2.10. The Morgan fingerprint density at radius 2 is 2.43 bits per heavy atom. The number of amides is 1. The van der Waals surface area contributed by atoms with Crippen molar-refractivity contribution in [2.75, 3.05) is 7.11 Å². The van der Waals surface area contributed by atoms with Crippen LogP contribution < -0.4 is 4.74 Å². The van der Waals surface area contributed by atoms with Crippen LogP contribution in [0.3, 0.4) is 0 Å². The molecule has 0 unspecified atom stereocenters. The smallest absolute Gasteiger partial charge is 0.431 e. The summed E-state index contributed by atoms with van der Waals surface area (Å²) in [4.78, 5) is 14.1. The Bertz CT molecular complexity index is 329. The standard InChI is InChI=1S/C8H10N2O4/c1-14-7-4-6(2-3-9-7)5-10(13)8(11)12/h2-4,13H,5H2,1H3,(H,11,12). The normalized spacial score (nSPS) is 9.57. The maximum absolute atomic E-state index is 10.3. The summed E-state index contributed by atoms with van der Waals surface area (Å²) in [5, 5.41) is 17.5. The Morgan fingerprint density at radius 3 is 3.00 bits per heavy atom. The van der Waals surface area contributed by atoms with Crippen LogP contribution in [-0.4, -0.2) is 33.6 Å². The number of ether oxygens (including phenoxy) is 1. The minimum Gasteiger partial charge on any atom is -0.481 e. The molecule has 0 saturated heterocycles. The summed E-state index contributed by atoms with van der Waals surface area (Å²) in [5.41, 5.74) is 0.599. The molecule has 0 aliphatic heterocycles. The molecule has 0 atom stereocenters. The molecule has 0 fully saturated rings. The van der Waals surface area contributed by atoms with Crippen LogP contribution in [0.15, 0.2) is 18.3 Å². The van der Waals surface area contributed by atoms with Crippen molar-refractivity contribution in [3.63, 3.8) is 0 Å². The highest BCUT2D eigenvalue weighted by Gasteiger charge is 2.08. The fraction of sp³-hybridized carbons (Fsp3) is 0.250. The van der Waals surface area contributed by atoms with E-state index in [0.717, 1.165) is 0 Å². The van der Waals surface area contributed by atoms with Gasteiger partial charge in [-0.1, -0.05) is 0 Å². The summed E-state index contributed by atoms with van der Waals surface area (Å²) in [6.45, 7) is -0.117. The number of hydroxylamine groups is 2. The summed E-state index contributed by atoms with van der Waals surface area (Å²) in [6, 6.07) is 3.14. The van der Waals surface area contributed by atoms with Gasteiger partial charge in [0.05, 0.1) is 13.7 Å². The molecular formula is C8H10N2O4. The molecule has 0 bridgehead atoms. The van der Waals surface area contributed by atoms with Gasteiger partial charge in [-0.2, -0.15) is 5.06 Å². The number of aromatic nitrogens is 1. The van der Waals surface area contributed by atoms with Gasteiger partial charge in [0.1, 0.15) is 0 Å². The van der Waals surface area contributed by atoms with Gasteiger partial charge in [0.25, 0.3) is 0 Å².